The van der Waals surface area contributed by atoms with Crippen LogP contribution in [0.2, 0.25) is 5.02 Å². The van der Waals surface area contributed by atoms with Crippen molar-refractivity contribution in [2.24, 2.45) is 0 Å². The summed E-state index contributed by atoms with van der Waals surface area (Å²) in [7, 11) is 0. The molecule has 32 heavy (non-hydrogen) atoms. The summed E-state index contributed by atoms with van der Waals surface area (Å²) in [6.45, 7) is 0. The Kier molecular flexibility index (Phi) is 6.66. The zero-order valence-electron chi connectivity index (χ0n) is 18.0. The minimum absolute atomic E-state index is 0. The summed E-state index contributed by atoms with van der Waals surface area (Å²) in [6, 6.07) is 11.1. The van der Waals surface area contributed by atoms with E-state index < -0.39 is 23.2 Å². The molecule has 5 rings (SSSR count). The van der Waals surface area contributed by atoms with Crippen LogP contribution in [0, 0.1) is 11.6 Å². The number of aromatic carboxylic acids is 1. The first-order chi connectivity index (χ1) is 15.0. The number of fused-ring (bicyclic) bond motifs is 1. The molecule has 1 N–H and O–H groups in total. The van der Waals surface area contributed by atoms with Crippen molar-refractivity contribution in [1.29, 1.82) is 0 Å². The molecule has 4 nitrogen and oxygen atoms in total. The van der Waals surface area contributed by atoms with Crippen molar-refractivity contribution < 1.29 is 49.7 Å². The number of aromatic nitrogens is 2. The first kappa shape index (κ1) is 23.3. The fourth-order valence-electron chi connectivity index (χ4n) is 3.75. The molecule has 1 aliphatic carbocycles. The molecule has 0 radical (unpaired) electrons. The Morgan fingerprint density at radius 3 is 2.59 bits per heavy atom. The van der Waals surface area contributed by atoms with Gasteiger partial charge in [-0.2, -0.15) is 0 Å². The average molecular weight is 481 g/mol. The van der Waals surface area contributed by atoms with Crippen molar-refractivity contribution in [3.05, 3.63) is 82.8 Å². The predicted molar refractivity (Wildman–Crippen MR) is 117 cm³/mol. The fraction of sp³-hybridized carbons (Fsp3) is 0.130. The number of hydrogen-bond donors (Lipinski definition) is 1. The van der Waals surface area contributed by atoms with Crippen molar-refractivity contribution in [1.82, 2.24) is 9.55 Å². The third kappa shape index (κ3) is 3.97. The van der Waals surface area contributed by atoms with Gasteiger partial charge in [0.05, 0.1) is 28.0 Å². The number of rotatable bonds is 5. The van der Waals surface area contributed by atoms with E-state index in [4.69, 9.17) is 11.6 Å². The smallest absolute Gasteiger partial charge is 1.00 e. The minimum atomic E-state index is -1.34. The molecule has 0 amide bonds. The summed E-state index contributed by atoms with van der Waals surface area (Å²) in [5.74, 6) is -2.52. The van der Waals surface area contributed by atoms with E-state index in [0.717, 1.165) is 30.3 Å². The van der Waals surface area contributed by atoms with Crippen LogP contribution in [0.15, 0.2) is 64.6 Å². The molecular weight excluding hydrogens is 465 g/mol. The zero-order chi connectivity index (χ0) is 21.7. The van der Waals surface area contributed by atoms with Gasteiger partial charge in [0.1, 0.15) is 0 Å². The van der Waals surface area contributed by atoms with Crippen LogP contribution in [-0.4, -0.2) is 20.6 Å². The molecule has 1 aliphatic rings. The fourth-order valence-corrected chi connectivity index (χ4v) is 5.11. The third-order valence-corrected chi connectivity index (χ3v) is 6.74. The molecule has 1 saturated carbocycles. The number of carboxylic acid groups (broad SMARTS) is 1. The second kappa shape index (κ2) is 9.15. The van der Waals surface area contributed by atoms with E-state index in [1.54, 1.807) is 24.5 Å². The van der Waals surface area contributed by atoms with Gasteiger partial charge >= 0.3 is 35.5 Å². The van der Waals surface area contributed by atoms with Crippen molar-refractivity contribution >= 4 is 40.2 Å². The van der Waals surface area contributed by atoms with Gasteiger partial charge < -0.3 is 11.1 Å². The first-order valence-corrected chi connectivity index (χ1v) is 10.8. The van der Waals surface area contributed by atoms with Gasteiger partial charge in [-0.1, -0.05) is 29.4 Å². The van der Waals surface area contributed by atoms with Crippen molar-refractivity contribution in [2.45, 2.75) is 28.6 Å². The van der Waals surface area contributed by atoms with Crippen LogP contribution < -0.4 is 29.6 Å². The van der Waals surface area contributed by atoms with Crippen LogP contribution in [-0.2, 0) is 0 Å². The van der Waals surface area contributed by atoms with Crippen LogP contribution >= 0.6 is 23.4 Å². The quantitative estimate of drug-likeness (QED) is 0.441. The molecular formula is C23H16ClF2N2NaO2S. The van der Waals surface area contributed by atoms with E-state index in [1.807, 2.05) is 10.6 Å². The van der Waals surface area contributed by atoms with Gasteiger partial charge in [0.15, 0.2) is 11.6 Å². The molecule has 0 atom stereocenters. The van der Waals surface area contributed by atoms with Crippen molar-refractivity contribution in [2.75, 3.05) is 0 Å². The molecule has 2 heterocycles. The van der Waals surface area contributed by atoms with Gasteiger partial charge in [-0.05, 0) is 49.2 Å². The van der Waals surface area contributed by atoms with Crippen LogP contribution in [0.3, 0.4) is 0 Å². The first-order valence-electron chi connectivity index (χ1n) is 9.59. The summed E-state index contributed by atoms with van der Waals surface area (Å²) >= 11 is 7.22. The second-order valence-corrected chi connectivity index (χ2v) is 8.78. The summed E-state index contributed by atoms with van der Waals surface area (Å²) in [4.78, 5) is 16.4. The van der Waals surface area contributed by atoms with Gasteiger partial charge in [0.2, 0.25) is 0 Å². The number of carbonyl (C=O) groups is 1. The summed E-state index contributed by atoms with van der Waals surface area (Å²) < 4.78 is 32.0. The van der Waals surface area contributed by atoms with E-state index in [0.29, 0.717) is 21.5 Å². The largest absolute Gasteiger partial charge is 1.00 e. The number of benzene rings is 2. The van der Waals surface area contributed by atoms with Gasteiger partial charge in [-0.3, -0.25) is 4.98 Å². The summed E-state index contributed by atoms with van der Waals surface area (Å²) in [5, 5.41) is 9.86. The maximum Gasteiger partial charge on any atom is 1.00 e. The average Bonchev–Trinajstić information content (AvgIpc) is 3.55. The SMILES string of the molecule is O=C(O)c1cccc(Sc2c(C3CC3)n(-c3cccnc3)c3c(F)c(Cl)ccc23)c1F.[H-].[Na+]. The summed E-state index contributed by atoms with van der Waals surface area (Å²) in [6.07, 6.45) is 5.14. The molecule has 0 aliphatic heterocycles. The molecule has 2 aromatic carbocycles. The molecule has 0 unspecified atom stereocenters. The molecule has 2 aromatic heterocycles. The van der Waals surface area contributed by atoms with E-state index >= 15 is 4.39 Å². The topological polar surface area (TPSA) is 55.1 Å². The Bertz CT molecular complexity index is 1350. The standard InChI is InChI=1S/C23H15ClF2N2O2S.Na.H/c24-16-9-8-15-21(19(16)26)28(13-3-2-10-27-11-13)20(12-6-7-12)22(15)31-17-5-1-4-14(18(17)25)23(29)30;;/h1-5,8-12H,6-7H2,(H,29,30);;/q;+1;-1. The Morgan fingerprint density at radius 2 is 1.94 bits per heavy atom. The van der Waals surface area contributed by atoms with E-state index in [9.17, 15) is 14.3 Å². The van der Waals surface area contributed by atoms with E-state index in [1.165, 1.54) is 24.3 Å². The van der Waals surface area contributed by atoms with Gasteiger partial charge in [-0.25, -0.2) is 13.6 Å². The third-order valence-electron chi connectivity index (χ3n) is 5.28. The Labute approximate surface area is 215 Å². The van der Waals surface area contributed by atoms with E-state index in [-0.39, 0.29) is 46.8 Å². The molecule has 0 saturated heterocycles. The predicted octanol–water partition coefficient (Wildman–Crippen LogP) is 3.80. The Hall–Kier alpha value is -1.90. The van der Waals surface area contributed by atoms with Gasteiger partial charge in [0.25, 0.3) is 0 Å². The van der Waals surface area contributed by atoms with Crippen molar-refractivity contribution in [3.8, 4) is 5.69 Å². The second-order valence-electron chi connectivity index (χ2n) is 7.32. The van der Waals surface area contributed by atoms with E-state index in [2.05, 4.69) is 4.98 Å². The van der Waals surface area contributed by atoms with Gasteiger partial charge in [-0.15, -0.1) is 0 Å². The number of pyridine rings is 1. The maximum atomic E-state index is 15.3. The van der Waals surface area contributed by atoms with Crippen molar-refractivity contribution in [3.63, 3.8) is 0 Å². The number of carboxylic acids is 1. The number of nitrogens with zero attached hydrogens (tertiary/aromatic N) is 2. The Balaban J connectivity index is 0.00000153. The monoisotopic (exact) mass is 480 g/mol. The van der Waals surface area contributed by atoms with Gasteiger partial charge in [0, 0.05) is 33.0 Å². The molecule has 9 heteroatoms. The van der Waals surface area contributed by atoms with Crippen LogP contribution in [0.4, 0.5) is 8.78 Å². The molecule has 1 fully saturated rings. The molecule has 4 aromatic rings. The van der Waals surface area contributed by atoms with Crippen LogP contribution in [0.5, 0.6) is 0 Å². The van der Waals surface area contributed by atoms with Crippen LogP contribution in [0.25, 0.3) is 16.6 Å². The minimum Gasteiger partial charge on any atom is -1.00 e. The number of hydrogen-bond acceptors (Lipinski definition) is 3. The number of halogens is 3. The molecule has 158 valence electrons. The summed E-state index contributed by atoms with van der Waals surface area (Å²) in [5.41, 5.74) is 1.44. The maximum absolute atomic E-state index is 15.3. The van der Waals surface area contributed by atoms with Crippen LogP contribution in [0.1, 0.15) is 36.2 Å². The molecule has 0 spiro atoms. The zero-order valence-corrected chi connectivity index (χ0v) is 20.6. The Morgan fingerprint density at radius 1 is 1.16 bits per heavy atom. The molecule has 0 bridgehead atoms. The normalized spacial score (nSPS) is 13.2.